The summed E-state index contributed by atoms with van der Waals surface area (Å²) in [6.07, 6.45) is 4.39. The molecule has 3 N–H and O–H groups in total. The van der Waals surface area contributed by atoms with Crippen LogP contribution >= 0.6 is 11.6 Å². The first kappa shape index (κ1) is 12.2. The van der Waals surface area contributed by atoms with Gasteiger partial charge in [-0.25, -0.2) is 9.97 Å². The quantitative estimate of drug-likeness (QED) is 0.730. The molecule has 1 aromatic heterocycles. The molecule has 0 radical (unpaired) electrons. The van der Waals surface area contributed by atoms with Gasteiger partial charge in [-0.3, -0.25) is 0 Å². The molecule has 0 saturated heterocycles. The number of anilines is 1. The van der Waals surface area contributed by atoms with E-state index in [-0.39, 0.29) is 0 Å². The number of aryl methyl sites for hydroxylation is 1. The SMILES string of the molecule is CCc1ncnc(NCCCCN)c1Cl. The zero-order chi connectivity index (χ0) is 11.1. The third-order valence-corrected chi connectivity index (χ3v) is 2.52. The molecule has 0 aliphatic heterocycles. The van der Waals surface area contributed by atoms with Gasteiger partial charge in [-0.2, -0.15) is 0 Å². The lowest BCUT2D eigenvalue weighted by atomic mass is 10.3. The molecule has 84 valence electrons. The van der Waals surface area contributed by atoms with Crippen molar-refractivity contribution in [2.75, 3.05) is 18.4 Å². The first-order valence-corrected chi connectivity index (χ1v) is 5.60. The van der Waals surface area contributed by atoms with E-state index >= 15 is 0 Å². The lowest BCUT2D eigenvalue weighted by Gasteiger charge is -2.08. The minimum Gasteiger partial charge on any atom is -0.369 e. The highest BCUT2D eigenvalue weighted by molar-refractivity contribution is 6.33. The lowest BCUT2D eigenvalue weighted by molar-refractivity contribution is 0.771. The van der Waals surface area contributed by atoms with Crippen LogP contribution < -0.4 is 11.1 Å². The highest BCUT2D eigenvalue weighted by atomic mass is 35.5. The number of hydrogen-bond donors (Lipinski definition) is 2. The highest BCUT2D eigenvalue weighted by Gasteiger charge is 2.06. The first-order chi connectivity index (χ1) is 7.29. The van der Waals surface area contributed by atoms with Gasteiger partial charge in [0.2, 0.25) is 0 Å². The number of nitrogens with zero attached hydrogens (tertiary/aromatic N) is 2. The van der Waals surface area contributed by atoms with Crippen molar-refractivity contribution in [3.05, 3.63) is 17.0 Å². The van der Waals surface area contributed by atoms with Gasteiger partial charge < -0.3 is 11.1 Å². The molecule has 0 unspecified atom stereocenters. The fourth-order valence-electron chi connectivity index (χ4n) is 1.25. The molecule has 0 spiro atoms. The third kappa shape index (κ3) is 3.64. The Morgan fingerprint density at radius 2 is 2.20 bits per heavy atom. The second kappa shape index (κ2) is 6.58. The van der Waals surface area contributed by atoms with Crippen LogP contribution in [0.15, 0.2) is 6.33 Å². The molecule has 1 rings (SSSR count). The molecule has 0 fully saturated rings. The number of nitrogens with two attached hydrogens (primary N) is 1. The van der Waals surface area contributed by atoms with Crippen LogP contribution in [0.4, 0.5) is 5.82 Å². The predicted octanol–water partition coefficient (Wildman–Crippen LogP) is 1.84. The number of aromatic nitrogens is 2. The zero-order valence-corrected chi connectivity index (χ0v) is 9.72. The van der Waals surface area contributed by atoms with Crippen molar-refractivity contribution in [1.82, 2.24) is 9.97 Å². The van der Waals surface area contributed by atoms with E-state index in [1.807, 2.05) is 6.92 Å². The Balaban J connectivity index is 2.53. The third-order valence-electron chi connectivity index (χ3n) is 2.12. The number of nitrogens with one attached hydrogen (secondary N) is 1. The monoisotopic (exact) mass is 228 g/mol. The van der Waals surface area contributed by atoms with E-state index in [0.717, 1.165) is 43.9 Å². The van der Waals surface area contributed by atoms with Gasteiger partial charge in [-0.15, -0.1) is 0 Å². The van der Waals surface area contributed by atoms with Crippen LogP contribution in [0.2, 0.25) is 5.02 Å². The fraction of sp³-hybridized carbons (Fsp3) is 0.600. The maximum absolute atomic E-state index is 6.11. The van der Waals surface area contributed by atoms with Crippen LogP contribution in [0.1, 0.15) is 25.5 Å². The van der Waals surface area contributed by atoms with Crippen LogP contribution in [-0.2, 0) is 6.42 Å². The molecule has 0 atom stereocenters. The van der Waals surface area contributed by atoms with Gasteiger partial charge in [0.15, 0.2) is 0 Å². The average Bonchev–Trinajstić information content (AvgIpc) is 2.26. The van der Waals surface area contributed by atoms with E-state index in [9.17, 15) is 0 Å². The molecule has 4 nitrogen and oxygen atoms in total. The average molecular weight is 229 g/mol. The maximum Gasteiger partial charge on any atom is 0.148 e. The van der Waals surface area contributed by atoms with E-state index in [1.165, 1.54) is 6.33 Å². The molecule has 0 aliphatic rings. The van der Waals surface area contributed by atoms with Crippen LogP contribution in [0.3, 0.4) is 0 Å². The van der Waals surface area contributed by atoms with E-state index in [1.54, 1.807) is 0 Å². The minimum absolute atomic E-state index is 0.632. The zero-order valence-electron chi connectivity index (χ0n) is 8.96. The molecule has 0 bridgehead atoms. The second-order valence-electron chi connectivity index (χ2n) is 3.26. The molecule has 0 aliphatic carbocycles. The van der Waals surface area contributed by atoms with Gasteiger partial charge in [-0.05, 0) is 25.8 Å². The van der Waals surface area contributed by atoms with Gasteiger partial charge >= 0.3 is 0 Å². The molecule has 5 heteroatoms. The molecular formula is C10H17ClN4. The largest absolute Gasteiger partial charge is 0.369 e. The predicted molar refractivity (Wildman–Crippen MR) is 63.2 cm³/mol. The van der Waals surface area contributed by atoms with Crippen molar-refractivity contribution < 1.29 is 0 Å². The molecular weight excluding hydrogens is 212 g/mol. The van der Waals surface area contributed by atoms with Gasteiger partial charge in [0.1, 0.15) is 17.2 Å². The number of hydrogen-bond acceptors (Lipinski definition) is 4. The first-order valence-electron chi connectivity index (χ1n) is 5.23. The van der Waals surface area contributed by atoms with Crippen LogP contribution in [0.25, 0.3) is 0 Å². The minimum atomic E-state index is 0.632. The molecule has 1 aromatic rings. The molecule has 15 heavy (non-hydrogen) atoms. The Hall–Kier alpha value is -0.870. The van der Waals surface area contributed by atoms with Crippen LogP contribution in [0.5, 0.6) is 0 Å². The van der Waals surface area contributed by atoms with Crippen molar-refractivity contribution in [3.8, 4) is 0 Å². The number of halogens is 1. The topological polar surface area (TPSA) is 63.8 Å². The summed E-state index contributed by atoms with van der Waals surface area (Å²) < 4.78 is 0. The van der Waals surface area contributed by atoms with Gasteiger partial charge in [0.25, 0.3) is 0 Å². The summed E-state index contributed by atoms with van der Waals surface area (Å²) in [6.45, 7) is 3.59. The van der Waals surface area contributed by atoms with Crippen molar-refractivity contribution >= 4 is 17.4 Å². The smallest absolute Gasteiger partial charge is 0.148 e. The summed E-state index contributed by atoms with van der Waals surface area (Å²) in [6, 6.07) is 0. The van der Waals surface area contributed by atoms with Crippen molar-refractivity contribution in [3.63, 3.8) is 0 Å². The van der Waals surface area contributed by atoms with Gasteiger partial charge in [-0.1, -0.05) is 18.5 Å². The van der Waals surface area contributed by atoms with Crippen molar-refractivity contribution in [2.45, 2.75) is 26.2 Å². The standard InChI is InChI=1S/C10H17ClN4/c1-2-8-9(11)10(15-7-14-8)13-6-4-3-5-12/h7H,2-6,12H2,1H3,(H,13,14,15). The maximum atomic E-state index is 6.11. The number of unbranched alkanes of at least 4 members (excludes halogenated alkanes) is 1. The van der Waals surface area contributed by atoms with Gasteiger partial charge in [0.05, 0.1) is 5.69 Å². The van der Waals surface area contributed by atoms with Crippen molar-refractivity contribution in [2.24, 2.45) is 5.73 Å². The Kier molecular flexibility index (Phi) is 5.36. The van der Waals surface area contributed by atoms with Crippen LogP contribution in [-0.4, -0.2) is 23.1 Å². The summed E-state index contributed by atoms with van der Waals surface area (Å²) >= 11 is 6.11. The van der Waals surface area contributed by atoms with E-state index in [0.29, 0.717) is 5.02 Å². The normalized spacial score (nSPS) is 10.3. The number of rotatable bonds is 6. The Labute approximate surface area is 95.3 Å². The Morgan fingerprint density at radius 1 is 1.40 bits per heavy atom. The fourth-order valence-corrected chi connectivity index (χ4v) is 1.55. The summed E-state index contributed by atoms with van der Waals surface area (Å²) in [5, 5.41) is 3.82. The molecule has 0 amide bonds. The highest BCUT2D eigenvalue weighted by Crippen LogP contribution is 2.21. The Morgan fingerprint density at radius 3 is 2.87 bits per heavy atom. The summed E-state index contributed by atoms with van der Waals surface area (Å²) in [4.78, 5) is 8.20. The summed E-state index contributed by atoms with van der Waals surface area (Å²) in [7, 11) is 0. The summed E-state index contributed by atoms with van der Waals surface area (Å²) in [5.74, 6) is 0.723. The van der Waals surface area contributed by atoms with Gasteiger partial charge in [0, 0.05) is 6.54 Å². The van der Waals surface area contributed by atoms with E-state index < -0.39 is 0 Å². The van der Waals surface area contributed by atoms with E-state index in [2.05, 4.69) is 15.3 Å². The lowest BCUT2D eigenvalue weighted by Crippen LogP contribution is -2.08. The van der Waals surface area contributed by atoms with E-state index in [4.69, 9.17) is 17.3 Å². The van der Waals surface area contributed by atoms with Crippen molar-refractivity contribution in [1.29, 1.82) is 0 Å². The summed E-state index contributed by atoms with van der Waals surface area (Å²) in [5.41, 5.74) is 6.29. The Bertz CT molecular complexity index is 303. The van der Waals surface area contributed by atoms with Crippen LogP contribution in [0, 0.1) is 0 Å². The second-order valence-corrected chi connectivity index (χ2v) is 3.64. The molecule has 0 aromatic carbocycles. The molecule has 0 saturated carbocycles. The molecule has 1 heterocycles.